The van der Waals surface area contributed by atoms with Gasteiger partial charge in [-0.15, -0.1) is 0 Å². The third kappa shape index (κ3) is 4.22. The highest BCUT2D eigenvalue weighted by atomic mass is 32.2. The lowest BCUT2D eigenvalue weighted by atomic mass is 10.1. The maximum Gasteiger partial charge on any atom is 0.240 e. The number of nitrogens with zero attached hydrogens (tertiary/aromatic N) is 1. The molecule has 0 heterocycles. The first-order valence-corrected chi connectivity index (χ1v) is 9.46. The van der Waals surface area contributed by atoms with E-state index in [1.165, 1.54) is 4.31 Å². The van der Waals surface area contributed by atoms with Gasteiger partial charge < -0.3 is 5.32 Å². The van der Waals surface area contributed by atoms with E-state index < -0.39 is 10.0 Å². The van der Waals surface area contributed by atoms with Crippen LogP contribution in [0.15, 0.2) is 18.2 Å². The van der Waals surface area contributed by atoms with E-state index in [1.807, 2.05) is 19.9 Å². The second-order valence-electron chi connectivity index (χ2n) is 6.09. The third-order valence-corrected chi connectivity index (χ3v) is 5.33. The quantitative estimate of drug-likeness (QED) is 0.902. The molecule has 0 aromatic heterocycles. The van der Waals surface area contributed by atoms with Crippen molar-refractivity contribution in [3.05, 3.63) is 29.3 Å². The van der Waals surface area contributed by atoms with Gasteiger partial charge in [-0.2, -0.15) is 0 Å². The third-order valence-electron chi connectivity index (χ3n) is 4.19. The number of amides is 1. The highest BCUT2D eigenvalue weighted by molar-refractivity contribution is 7.92. The molecule has 2 rings (SSSR count). The van der Waals surface area contributed by atoms with Crippen LogP contribution < -0.4 is 9.62 Å². The number of carbonyl (C=O) groups excluding carboxylic acids is 1. The molecule has 0 unspecified atom stereocenters. The Kier molecular flexibility index (Phi) is 5.11. The number of hydrogen-bond acceptors (Lipinski definition) is 3. The number of hydrogen-bond donors (Lipinski definition) is 1. The van der Waals surface area contributed by atoms with Crippen LogP contribution in [-0.4, -0.2) is 33.2 Å². The van der Waals surface area contributed by atoms with Gasteiger partial charge in [-0.3, -0.25) is 9.10 Å². The summed E-state index contributed by atoms with van der Waals surface area (Å²) in [7, 11) is -3.50. The van der Waals surface area contributed by atoms with Gasteiger partial charge in [0.25, 0.3) is 0 Å². The first kappa shape index (κ1) is 16.8. The van der Waals surface area contributed by atoms with Crippen LogP contribution >= 0.6 is 0 Å². The van der Waals surface area contributed by atoms with Gasteiger partial charge in [-0.1, -0.05) is 18.9 Å². The fraction of sp³-hybridized carbons (Fsp3) is 0.562. The van der Waals surface area contributed by atoms with E-state index in [1.54, 1.807) is 12.1 Å². The number of nitrogens with one attached hydrogen (secondary N) is 1. The Hall–Kier alpha value is -1.56. The Morgan fingerprint density at radius 3 is 2.41 bits per heavy atom. The normalized spacial score (nSPS) is 15.8. The number of sulfonamides is 1. The summed E-state index contributed by atoms with van der Waals surface area (Å²) in [6, 6.07) is 5.61. The molecule has 1 fully saturated rings. The number of aryl methyl sites for hydroxylation is 2. The number of anilines is 1. The molecule has 1 saturated carbocycles. The molecule has 22 heavy (non-hydrogen) atoms. The summed E-state index contributed by atoms with van der Waals surface area (Å²) in [6.07, 6.45) is 5.34. The van der Waals surface area contributed by atoms with E-state index in [4.69, 9.17) is 0 Å². The van der Waals surface area contributed by atoms with Crippen molar-refractivity contribution in [3.8, 4) is 0 Å². The maximum absolute atomic E-state index is 12.2. The molecular formula is C16H24N2O3S. The fourth-order valence-electron chi connectivity index (χ4n) is 2.75. The first-order valence-electron chi connectivity index (χ1n) is 7.61. The molecule has 1 aromatic carbocycles. The molecule has 1 aliphatic carbocycles. The van der Waals surface area contributed by atoms with E-state index in [-0.39, 0.29) is 18.5 Å². The molecule has 0 saturated heterocycles. The van der Waals surface area contributed by atoms with E-state index in [0.717, 1.165) is 43.1 Å². The summed E-state index contributed by atoms with van der Waals surface area (Å²) >= 11 is 0. The number of benzene rings is 1. The van der Waals surface area contributed by atoms with Crippen LogP contribution in [-0.2, 0) is 14.8 Å². The van der Waals surface area contributed by atoms with Gasteiger partial charge in [-0.25, -0.2) is 8.42 Å². The van der Waals surface area contributed by atoms with Crippen LogP contribution in [0.4, 0.5) is 5.69 Å². The molecule has 0 bridgehead atoms. The smallest absolute Gasteiger partial charge is 0.240 e. The summed E-state index contributed by atoms with van der Waals surface area (Å²) in [5.41, 5.74) is 2.63. The zero-order valence-electron chi connectivity index (χ0n) is 13.4. The van der Waals surface area contributed by atoms with Crippen LogP contribution in [0.3, 0.4) is 0 Å². The Bertz CT molecular complexity index is 649. The molecule has 1 aromatic rings. The molecule has 1 N–H and O–H groups in total. The van der Waals surface area contributed by atoms with Crippen molar-refractivity contribution in [3.63, 3.8) is 0 Å². The van der Waals surface area contributed by atoms with Crippen LogP contribution in [0.2, 0.25) is 0 Å². The molecule has 0 atom stereocenters. The van der Waals surface area contributed by atoms with Crippen LogP contribution in [0, 0.1) is 13.8 Å². The Labute approximate surface area is 132 Å². The van der Waals surface area contributed by atoms with Gasteiger partial charge in [0.15, 0.2) is 0 Å². The molecule has 5 nitrogen and oxygen atoms in total. The average molecular weight is 324 g/mol. The lowest BCUT2D eigenvalue weighted by Crippen LogP contribution is -2.43. The second-order valence-corrected chi connectivity index (χ2v) is 7.99. The van der Waals surface area contributed by atoms with Crippen molar-refractivity contribution in [2.45, 2.75) is 45.6 Å². The highest BCUT2D eigenvalue weighted by Crippen LogP contribution is 2.21. The number of carbonyl (C=O) groups is 1. The minimum absolute atomic E-state index is 0.169. The molecule has 122 valence electrons. The van der Waals surface area contributed by atoms with Crippen LogP contribution in [0.25, 0.3) is 0 Å². The van der Waals surface area contributed by atoms with Gasteiger partial charge in [0.1, 0.15) is 6.54 Å². The fourth-order valence-corrected chi connectivity index (χ4v) is 3.60. The molecule has 0 spiro atoms. The summed E-state index contributed by atoms with van der Waals surface area (Å²) < 4.78 is 25.3. The van der Waals surface area contributed by atoms with Gasteiger partial charge >= 0.3 is 0 Å². The van der Waals surface area contributed by atoms with Crippen LogP contribution in [0.5, 0.6) is 0 Å². The predicted molar refractivity (Wildman–Crippen MR) is 88.5 cm³/mol. The van der Waals surface area contributed by atoms with E-state index >= 15 is 0 Å². The molecule has 0 radical (unpaired) electrons. The van der Waals surface area contributed by atoms with E-state index in [0.29, 0.717) is 5.69 Å². The standard InChI is InChI=1S/C16H24N2O3S/c1-12-8-9-15(10-13(12)2)18(22(3,20)21)11-16(19)17-14-6-4-5-7-14/h8-10,14H,4-7,11H2,1-3H3,(H,17,19). The van der Waals surface area contributed by atoms with Gasteiger partial charge in [0, 0.05) is 6.04 Å². The van der Waals surface area contributed by atoms with Crippen LogP contribution in [0.1, 0.15) is 36.8 Å². The SMILES string of the molecule is Cc1ccc(N(CC(=O)NC2CCCC2)S(C)(=O)=O)cc1C. The van der Waals surface area contributed by atoms with Crippen molar-refractivity contribution in [1.82, 2.24) is 5.32 Å². The average Bonchev–Trinajstić information content (AvgIpc) is 2.91. The topological polar surface area (TPSA) is 66.5 Å². The lowest BCUT2D eigenvalue weighted by Gasteiger charge is -2.23. The van der Waals surface area contributed by atoms with Crippen molar-refractivity contribution in [2.24, 2.45) is 0 Å². The highest BCUT2D eigenvalue weighted by Gasteiger charge is 2.23. The molecule has 6 heteroatoms. The van der Waals surface area contributed by atoms with Gasteiger partial charge in [-0.05, 0) is 49.9 Å². The van der Waals surface area contributed by atoms with Crippen molar-refractivity contribution < 1.29 is 13.2 Å². The first-order chi connectivity index (χ1) is 10.3. The van der Waals surface area contributed by atoms with E-state index in [2.05, 4.69) is 5.32 Å². The zero-order valence-corrected chi connectivity index (χ0v) is 14.2. The van der Waals surface area contributed by atoms with Gasteiger partial charge in [0.2, 0.25) is 15.9 Å². The largest absolute Gasteiger partial charge is 0.352 e. The Morgan fingerprint density at radius 2 is 1.86 bits per heavy atom. The molecule has 1 aliphatic rings. The number of rotatable bonds is 5. The Balaban J connectivity index is 2.16. The summed E-state index contributed by atoms with van der Waals surface area (Å²) in [6.45, 7) is 3.73. The second kappa shape index (κ2) is 6.69. The molecule has 1 amide bonds. The minimum atomic E-state index is -3.50. The lowest BCUT2D eigenvalue weighted by molar-refractivity contribution is -0.120. The van der Waals surface area contributed by atoms with Crippen molar-refractivity contribution in [1.29, 1.82) is 0 Å². The Morgan fingerprint density at radius 1 is 1.23 bits per heavy atom. The maximum atomic E-state index is 12.2. The summed E-state index contributed by atoms with van der Waals surface area (Å²) in [5, 5.41) is 2.93. The monoisotopic (exact) mass is 324 g/mol. The summed E-state index contributed by atoms with van der Waals surface area (Å²) in [5.74, 6) is -0.240. The van der Waals surface area contributed by atoms with Crippen molar-refractivity contribution in [2.75, 3.05) is 17.1 Å². The van der Waals surface area contributed by atoms with Crippen molar-refractivity contribution >= 4 is 21.6 Å². The zero-order chi connectivity index (χ0) is 16.3. The molecular weight excluding hydrogens is 300 g/mol. The van der Waals surface area contributed by atoms with Gasteiger partial charge in [0.05, 0.1) is 11.9 Å². The molecule has 0 aliphatic heterocycles. The minimum Gasteiger partial charge on any atom is -0.352 e. The predicted octanol–water partition coefficient (Wildman–Crippen LogP) is 2.13. The summed E-state index contributed by atoms with van der Waals surface area (Å²) in [4.78, 5) is 12.2. The van der Waals surface area contributed by atoms with E-state index in [9.17, 15) is 13.2 Å².